The molecule has 1 aromatic carbocycles. The lowest BCUT2D eigenvalue weighted by Crippen LogP contribution is -2.03. The minimum absolute atomic E-state index is 0.124. The van der Waals surface area contributed by atoms with Crippen LogP contribution >= 0.6 is 0 Å². The quantitative estimate of drug-likeness (QED) is 0.835. The Hall–Kier alpha value is -1.03. The van der Waals surface area contributed by atoms with E-state index in [9.17, 15) is 8.42 Å². The summed E-state index contributed by atoms with van der Waals surface area (Å²) in [5.41, 5.74) is 0. The first kappa shape index (κ1) is 18.3. The van der Waals surface area contributed by atoms with E-state index in [4.69, 9.17) is 4.74 Å². The molecular formula is C13H24O3S. The van der Waals surface area contributed by atoms with E-state index < -0.39 is 9.84 Å². The Morgan fingerprint density at radius 3 is 1.71 bits per heavy atom. The first-order valence-electron chi connectivity index (χ1n) is 5.97. The lowest BCUT2D eigenvalue weighted by molar-refractivity contribution is 0.414. The summed E-state index contributed by atoms with van der Waals surface area (Å²) in [6, 6.07) is 6.39. The molecule has 0 radical (unpaired) electrons. The van der Waals surface area contributed by atoms with Gasteiger partial charge in [-0.1, -0.05) is 34.6 Å². The second-order valence-corrected chi connectivity index (χ2v) is 4.86. The van der Waals surface area contributed by atoms with Gasteiger partial charge in [0.25, 0.3) is 0 Å². The summed E-state index contributed by atoms with van der Waals surface area (Å²) >= 11 is 0. The summed E-state index contributed by atoms with van der Waals surface area (Å²) in [6.45, 7) is 9.62. The van der Waals surface area contributed by atoms with Crippen molar-refractivity contribution in [2.45, 2.75) is 39.5 Å². The number of benzene rings is 1. The molecule has 0 atom stereocenters. The van der Waals surface area contributed by atoms with Gasteiger partial charge in [0.1, 0.15) is 5.75 Å². The number of sulfone groups is 1. The van der Waals surface area contributed by atoms with Gasteiger partial charge in [0, 0.05) is 0 Å². The van der Waals surface area contributed by atoms with Crippen LogP contribution in [-0.4, -0.2) is 21.3 Å². The van der Waals surface area contributed by atoms with Crippen molar-refractivity contribution in [3.63, 3.8) is 0 Å². The van der Waals surface area contributed by atoms with E-state index in [1.54, 1.807) is 38.3 Å². The summed E-state index contributed by atoms with van der Waals surface area (Å²) in [5.74, 6) is 0.786. The van der Waals surface area contributed by atoms with Crippen molar-refractivity contribution < 1.29 is 13.2 Å². The molecule has 1 aromatic rings. The molecule has 0 bridgehead atoms. The SMILES string of the molecule is CC.CC.CCS(=O)(=O)c1ccc(OC)cc1. The van der Waals surface area contributed by atoms with Gasteiger partial charge < -0.3 is 4.74 Å². The summed E-state index contributed by atoms with van der Waals surface area (Å²) in [4.78, 5) is 0.343. The topological polar surface area (TPSA) is 43.4 Å². The first-order valence-corrected chi connectivity index (χ1v) is 7.62. The third-order valence-corrected chi connectivity index (χ3v) is 3.55. The molecule has 0 saturated carbocycles. The lowest BCUT2D eigenvalue weighted by atomic mass is 10.3. The Bertz CT molecular complexity index is 366. The van der Waals surface area contributed by atoms with Crippen molar-refractivity contribution in [3.05, 3.63) is 24.3 Å². The zero-order valence-corrected chi connectivity index (χ0v) is 12.5. The van der Waals surface area contributed by atoms with Crippen LogP contribution in [0.25, 0.3) is 0 Å². The molecule has 0 aliphatic heterocycles. The highest BCUT2D eigenvalue weighted by molar-refractivity contribution is 7.91. The van der Waals surface area contributed by atoms with Crippen LogP contribution in [0.5, 0.6) is 5.75 Å². The molecule has 0 heterocycles. The second-order valence-electron chi connectivity index (χ2n) is 2.58. The summed E-state index contributed by atoms with van der Waals surface area (Å²) in [6.07, 6.45) is 0. The fourth-order valence-electron chi connectivity index (χ4n) is 0.950. The molecule has 0 saturated heterocycles. The minimum atomic E-state index is -3.08. The maximum Gasteiger partial charge on any atom is 0.178 e. The normalized spacial score (nSPS) is 9.29. The maximum atomic E-state index is 11.4. The average Bonchev–Trinajstić information content (AvgIpc) is 2.43. The molecule has 0 spiro atoms. The summed E-state index contributed by atoms with van der Waals surface area (Å²) in [5, 5.41) is 0. The molecule has 17 heavy (non-hydrogen) atoms. The number of ether oxygens (including phenoxy) is 1. The number of hydrogen-bond acceptors (Lipinski definition) is 3. The van der Waals surface area contributed by atoms with Crippen LogP contribution in [-0.2, 0) is 9.84 Å². The van der Waals surface area contributed by atoms with E-state index in [2.05, 4.69) is 0 Å². The zero-order chi connectivity index (χ0) is 13.9. The van der Waals surface area contributed by atoms with Crippen LogP contribution in [0.2, 0.25) is 0 Å². The van der Waals surface area contributed by atoms with Crippen molar-refractivity contribution in [1.29, 1.82) is 0 Å². The highest BCUT2D eigenvalue weighted by Gasteiger charge is 2.10. The van der Waals surface area contributed by atoms with E-state index in [1.807, 2.05) is 27.7 Å². The van der Waals surface area contributed by atoms with Gasteiger partial charge in [-0.05, 0) is 24.3 Å². The van der Waals surface area contributed by atoms with E-state index in [0.29, 0.717) is 10.6 Å². The van der Waals surface area contributed by atoms with Crippen LogP contribution in [0, 0.1) is 0 Å². The van der Waals surface area contributed by atoms with Crippen LogP contribution in [0.4, 0.5) is 0 Å². The Morgan fingerprint density at radius 1 is 1.00 bits per heavy atom. The van der Waals surface area contributed by atoms with E-state index in [-0.39, 0.29) is 5.75 Å². The Labute approximate surface area is 106 Å². The van der Waals surface area contributed by atoms with Gasteiger partial charge in [-0.25, -0.2) is 8.42 Å². The van der Waals surface area contributed by atoms with Gasteiger partial charge >= 0.3 is 0 Å². The van der Waals surface area contributed by atoms with Gasteiger partial charge in [-0.3, -0.25) is 0 Å². The van der Waals surface area contributed by atoms with E-state index >= 15 is 0 Å². The van der Waals surface area contributed by atoms with Crippen molar-refractivity contribution in [3.8, 4) is 5.75 Å². The molecule has 0 N–H and O–H groups in total. The van der Waals surface area contributed by atoms with Crippen LogP contribution < -0.4 is 4.74 Å². The fourth-order valence-corrected chi connectivity index (χ4v) is 1.83. The molecule has 4 heteroatoms. The minimum Gasteiger partial charge on any atom is -0.497 e. The number of hydrogen-bond donors (Lipinski definition) is 0. The molecule has 0 fully saturated rings. The fraction of sp³-hybridized carbons (Fsp3) is 0.538. The smallest absolute Gasteiger partial charge is 0.178 e. The van der Waals surface area contributed by atoms with Crippen molar-refractivity contribution in [2.75, 3.05) is 12.9 Å². The summed E-state index contributed by atoms with van der Waals surface area (Å²) < 4.78 is 27.6. The molecule has 0 amide bonds. The first-order chi connectivity index (χ1) is 8.10. The molecule has 1 rings (SSSR count). The predicted molar refractivity (Wildman–Crippen MR) is 73.4 cm³/mol. The molecule has 0 unspecified atom stereocenters. The molecule has 3 nitrogen and oxygen atoms in total. The lowest BCUT2D eigenvalue weighted by Gasteiger charge is -2.02. The van der Waals surface area contributed by atoms with Crippen LogP contribution in [0.15, 0.2) is 29.2 Å². The van der Waals surface area contributed by atoms with Crippen molar-refractivity contribution in [1.82, 2.24) is 0 Å². The molecule has 0 aliphatic rings. The highest BCUT2D eigenvalue weighted by atomic mass is 32.2. The zero-order valence-electron chi connectivity index (χ0n) is 11.6. The number of rotatable bonds is 3. The van der Waals surface area contributed by atoms with Gasteiger partial charge in [0.05, 0.1) is 17.8 Å². The Kier molecular flexibility index (Phi) is 10.9. The monoisotopic (exact) mass is 260 g/mol. The third kappa shape index (κ3) is 6.31. The molecule has 0 aliphatic carbocycles. The summed E-state index contributed by atoms with van der Waals surface area (Å²) in [7, 11) is -1.53. The van der Waals surface area contributed by atoms with Gasteiger partial charge in [0.2, 0.25) is 0 Å². The van der Waals surface area contributed by atoms with E-state index in [1.165, 1.54) is 0 Å². The van der Waals surface area contributed by atoms with Gasteiger partial charge in [0.15, 0.2) is 9.84 Å². The molecule has 0 aromatic heterocycles. The van der Waals surface area contributed by atoms with Gasteiger partial charge in [-0.15, -0.1) is 0 Å². The van der Waals surface area contributed by atoms with Crippen LogP contribution in [0.3, 0.4) is 0 Å². The maximum absolute atomic E-state index is 11.4. The van der Waals surface area contributed by atoms with Crippen LogP contribution in [0.1, 0.15) is 34.6 Å². The largest absolute Gasteiger partial charge is 0.497 e. The predicted octanol–water partition coefficient (Wildman–Crippen LogP) is 3.54. The van der Waals surface area contributed by atoms with Gasteiger partial charge in [-0.2, -0.15) is 0 Å². The Balaban J connectivity index is 0. The van der Waals surface area contributed by atoms with E-state index in [0.717, 1.165) is 0 Å². The molecule has 100 valence electrons. The van der Waals surface area contributed by atoms with Crippen molar-refractivity contribution >= 4 is 9.84 Å². The molecular weight excluding hydrogens is 236 g/mol. The van der Waals surface area contributed by atoms with Crippen molar-refractivity contribution in [2.24, 2.45) is 0 Å². The third-order valence-electron chi connectivity index (χ3n) is 1.80. The average molecular weight is 260 g/mol. The standard InChI is InChI=1S/C9H12O3S.2C2H6/c1-3-13(10,11)9-6-4-8(12-2)5-7-9;2*1-2/h4-7H,3H2,1-2H3;2*1-2H3. The highest BCUT2D eigenvalue weighted by Crippen LogP contribution is 2.16. The second kappa shape index (κ2) is 10.1. The number of methoxy groups -OCH3 is 1. The Morgan fingerprint density at radius 2 is 1.41 bits per heavy atom.